The first kappa shape index (κ1) is 16.0. The van der Waals surface area contributed by atoms with E-state index in [2.05, 4.69) is 5.32 Å². The molecule has 2 heterocycles. The average Bonchev–Trinajstić information content (AvgIpc) is 2.90. The van der Waals surface area contributed by atoms with Crippen molar-refractivity contribution >= 4 is 16.9 Å². The van der Waals surface area contributed by atoms with Gasteiger partial charge in [-0.1, -0.05) is 12.1 Å². The summed E-state index contributed by atoms with van der Waals surface area (Å²) < 4.78 is 20.3. The Balaban J connectivity index is 1.95. The van der Waals surface area contributed by atoms with E-state index in [9.17, 15) is 14.0 Å². The number of hydrogen-bond donors (Lipinski definition) is 1. The van der Waals surface area contributed by atoms with Crippen LogP contribution in [0.1, 0.15) is 28.6 Å². The standard InChI is InChI=1S/C18H17FN2O3/c1-3-21-8-7-14-16(18(21)23)15(11(2)24-14)17(22)20-10-12-5-4-6-13(19)9-12/h4-9H,3,10H2,1-2H3,(H,20,22). The van der Waals surface area contributed by atoms with Crippen molar-refractivity contribution in [1.82, 2.24) is 9.88 Å². The number of carbonyl (C=O) groups excluding carboxylic acids is 1. The molecule has 2 aromatic heterocycles. The first-order valence-electron chi connectivity index (χ1n) is 7.66. The molecule has 6 heteroatoms. The zero-order valence-electron chi connectivity index (χ0n) is 13.4. The molecular weight excluding hydrogens is 311 g/mol. The molecule has 124 valence electrons. The fourth-order valence-electron chi connectivity index (χ4n) is 2.70. The highest BCUT2D eigenvalue weighted by atomic mass is 19.1. The minimum absolute atomic E-state index is 0.164. The lowest BCUT2D eigenvalue weighted by atomic mass is 10.1. The predicted molar refractivity (Wildman–Crippen MR) is 88.5 cm³/mol. The van der Waals surface area contributed by atoms with E-state index in [-0.39, 0.29) is 28.9 Å². The molecule has 24 heavy (non-hydrogen) atoms. The number of nitrogens with one attached hydrogen (secondary N) is 1. The van der Waals surface area contributed by atoms with Gasteiger partial charge in [-0.15, -0.1) is 0 Å². The Hall–Kier alpha value is -2.89. The van der Waals surface area contributed by atoms with E-state index in [0.717, 1.165) is 0 Å². The third kappa shape index (κ3) is 2.82. The Morgan fingerprint density at radius 2 is 2.12 bits per heavy atom. The van der Waals surface area contributed by atoms with Crippen molar-refractivity contribution in [3.05, 3.63) is 69.6 Å². The zero-order chi connectivity index (χ0) is 17.3. The lowest BCUT2D eigenvalue weighted by Gasteiger charge is -2.06. The van der Waals surface area contributed by atoms with Gasteiger partial charge in [-0.25, -0.2) is 4.39 Å². The molecular formula is C18H17FN2O3. The van der Waals surface area contributed by atoms with Crippen LogP contribution < -0.4 is 10.9 Å². The Bertz CT molecular complexity index is 972. The highest BCUT2D eigenvalue weighted by Crippen LogP contribution is 2.22. The van der Waals surface area contributed by atoms with Crippen molar-refractivity contribution in [3.63, 3.8) is 0 Å². The zero-order valence-corrected chi connectivity index (χ0v) is 13.4. The van der Waals surface area contributed by atoms with Gasteiger partial charge in [0, 0.05) is 19.3 Å². The molecule has 0 bridgehead atoms. The number of aromatic nitrogens is 1. The molecule has 0 radical (unpaired) electrons. The molecule has 0 aliphatic rings. The normalized spacial score (nSPS) is 11.0. The van der Waals surface area contributed by atoms with E-state index < -0.39 is 5.91 Å². The second-order valence-corrected chi connectivity index (χ2v) is 5.49. The highest BCUT2D eigenvalue weighted by Gasteiger charge is 2.21. The van der Waals surface area contributed by atoms with Crippen LogP contribution in [0.3, 0.4) is 0 Å². The second kappa shape index (κ2) is 6.31. The maximum absolute atomic E-state index is 13.2. The van der Waals surface area contributed by atoms with E-state index in [1.807, 2.05) is 6.92 Å². The van der Waals surface area contributed by atoms with Gasteiger partial charge in [0.25, 0.3) is 11.5 Å². The monoisotopic (exact) mass is 328 g/mol. The average molecular weight is 328 g/mol. The van der Waals surface area contributed by atoms with Gasteiger partial charge in [-0.05, 0) is 37.6 Å². The number of aryl methyl sites for hydroxylation is 2. The molecule has 1 N–H and O–H groups in total. The number of carbonyl (C=O) groups is 1. The molecule has 0 spiro atoms. The SMILES string of the molecule is CCn1ccc2oc(C)c(C(=O)NCc3cccc(F)c3)c2c1=O. The predicted octanol–water partition coefficient (Wildman–Crippen LogP) is 2.99. The van der Waals surface area contributed by atoms with Crippen LogP contribution in [0.2, 0.25) is 0 Å². The summed E-state index contributed by atoms with van der Waals surface area (Å²) in [6, 6.07) is 7.66. The summed E-state index contributed by atoms with van der Waals surface area (Å²) >= 11 is 0. The van der Waals surface area contributed by atoms with Gasteiger partial charge in [0.05, 0.1) is 10.9 Å². The molecule has 0 fully saturated rings. The number of nitrogens with zero attached hydrogens (tertiary/aromatic N) is 1. The van der Waals surface area contributed by atoms with Crippen molar-refractivity contribution < 1.29 is 13.6 Å². The van der Waals surface area contributed by atoms with Crippen molar-refractivity contribution in [2.75, 3.05) is 0 Å². The third-order valence-corrected chi connectivity index (χ3v) is 3.90. The van der Waals surface area contributed by atoms with Crippen LogP contribution >= 0.6 is 0 Å². The topological polar surface area (TPSA) is 64.2 Å². The number of pyridine rings is 1. The minimum atomic E-state index is -0.415. The minimum Gasteiger partial charge on any atom is -0.460 e. The number of benzene rings is 1. The van der Waals surface area contributed by atoms with Gasteiger partial charge >= 0.3 is 0 Å². The van der Waals surface area contributed by atoms with Crippen LogP contribution in [0.4, 0.5) is 4.39 Å². The fraction of sp³-hybridized carbons (Fsp3) is 0.222. The lowest BCUT2D eigenvalue weighted by molar-refractivity contribution is 0.0950. The molecule has 5 nitrogen and oxygen atoms in total. The number of amides is 1. The molecule has 1 amide bonds. The summed E-state index contributed by atoms with van der Waals surface area (Å²) in [4.78, 5) is 25.0. The van der Waals surface area contributed by atoms with Crippen molar-refractivity contribution in [1.29, 1.82) is 0 Å². The maximum atomic E-state index is 13.2. The van der Waals surface area contributed by atoms with Gasteiger partial charge in [0.1, 0.15) is 17.2 Å². The van der Waals surface area contributed by atoms with Gasteiger partial charge in [0.15, 0.2) is 0 Å². The van der Waals surface area contributed by atoms with Crippen LogP contribution in [-0.2, 0) is 13.1 Å². The number of fused-ring (bicyclic) bond motifs is 1. The van der Waals surface area contributed by atoms with Crippen molar-refractivity contribution in [2.24, 2.45) is 0 Å². The van der Waals surface area contributed by atoms with E-state index in [0.29, 0.717) is 23.5 Å². The number of hydrogen-bond acceptors (Lipinski definition) is 3. The summed E-state index contributed by atoms with van der Waals surface area (Å²) in [5, 5.41) is 2.98. The van der Waals surface area contributed by atoms with Crippen molar-refractivity contribution in [3.8, 4) is 0 Å². The van der Waals surface area contributed by atoms with E-state index in [1.165, 1.54) is 16.7 Å². The Morgan fingerprint density at radius 3 is 2.83 bits per heavy atom. The lowest BCUT2D eigenvalue weighted by Crippen LogP contribution is -2.26. The number of rotatable bonds is 4. The van der Waals surface area contributed by atoms with Gasteiger partial charge in [-0.2, -0.15) is 0 Å². The first-order chi connectivity index (χ1) is 11.5. The molecule has 0 aliphatic heterocycles. The number of furan rings is 1. The molecule has 0 unspecified atom stereocenters. The fourth-order valence-corrected chi connectivity index (χ4v) is 2.70. The van der Waals surface area contributed by atoms with Crippen LogP contribution in [-0.4, -0.2) is 10.5 Å². The summed E-state index contributed by atoms with van der Waals surface area (Å²) in [6.45, 7) is 4.16. The van der Waals surface area contributed by atoms with Gasteiger partial charge in [-0.3, -0.25) is 9.59 Å². The van der Waals surface area contributed by atoms with Crippen LogP contribution in [0.15, 0.2) is 45.7 Å². The summed E-state index contributed by atoms with van der Waals surface area (Å²) in [6.07, 6.45) is 1.64. The third-order valence-electron chi connectivity index (χ3n) is 3.90. The van der Waals surface area contributed by atoms with Gasteiger partial charge in [0.2, 0.25) is 0 Å². The maximum Gasteiger partial charge on any atom is 0.262 e. The van der Waals surface area contributed by atoms with Crippen molar-refractivity contribution in [2.45, 2.75) is 26.9 Å². The molecule has 3 rings (SSSR count). The molecule has 0 aliphatic carbocycles. The van der Waals surface area contributed by atoms with Crippen LogP contribution in [0.5, 0.6) is 0 Å². The first-order valence-corrected chi connectivity index (χ1v) is 7.66. The molecule has 1 aromatic carbocycles. The molecule has 0 saturated heterocycles. The Kier molecular flexibility index (Phi) is 4.20. The van der Waals surface area contributed by atoms with Crippen LogP contribution in [0.25, 0.3) is 11.0 Å². The van der Waals surface area contributed by atoms with E-state index >= 15 is 0 Å². The second-order valence-electron chi connectivity index (χ2n) is 5.49. The highest BCUT2D eigenvalue weighted by molar-refractivity contribution is 6.06. The van der Waals surface area contributed by atoms with E-state index in [4.69, 9.17) is 4.42 Å². The summed E-state index contributed by atoms with van der Waals surface area (Å²) in [5.41, 5.74) is 0.995. The summed E-state index contributed by atoms with van der Waals surface area (Å²) in [7, 11) is 0. The Morgan fingerprint density at radius 1 is 1.33 bits per heavy atom. The van der Waals surface area contributed by atoms with Gasteiger partial charge < -0.3 is 14.3 Å². The smallest absolute Gasteiger partial charge is 0.262 e. The summed E-state index contributed by atoms with van der Waals surface area (Å²) in [5.74, 6) is -0.397. The molecule has 0 saturated carbocycles. The molecule has 0 atom stereocenters. The number of halogens is 1. The van der Waals surface area contributed by atoms with E-state index in [1.54, 1.807) is 31.3 Å². The van der Waals surface area contributed by atoms with Crippen LogP contribution in [0, 0.1) is 12.7 Å². The Labute approximate surface area is 137 Å². The quantitative estimate of drug-likeness (QED) is 0.801. The largest absolute Gasteiger partial charge is 0.460 e. The molecule has 3 aromatic rings.